The second kappa shape index (κ2) is 5.61. The van der Waals surface area contributed by atoms with Crippen molar-refractivity contribution in [3.63, 3.8) is 0 Å². The van der Waals surface area contributed by atoms with Gasteiger partial charge in [-0.1, -0.05) is 18.2 Å². The molecule has 3 N–H and O–H groups in total. The van der Waals surface area contributed by atoms with E-state index in [-0.39, 0.29) is 6.42 Å². The summed E-state index contributed by atoms with van der Waals surface area (Å²) < 4.78 is 2.02. The highest BCUT2D eigenvalue weighted by Gasteiger charge is 2.11. The molecule has 104 valence electrons. The van der Waals surface area contributed by atoms with E-state index in [1.54, 1.807) is 6.07 Å². The van der Waals surface area contributed by atoms with Crippen LogP contribution in [0.3, 0.4) is 0 Å². The molecule has 0 aliphatic rings. The van der Waals surface area contributed by atoms with Gasteiger partial charge < -0.3 is 9.99 Å². The normalized spacial score (nSPS) is 10.5. The lowest BCUT2D eigenvalue weighted by molar-refractivity contribution is 0.751. The summed E-state index contributed by atoms with van der Waals surface area (Å²) in [6.45, 7) is 0.549. The lowest BCUT2D eigenvalue weighted by Gasteiger charge is -2.08. The number of nitrogens with zero attached hydrogens (tertiary/aromatic N) is 4. The SMILES string of the molecule is N#CCc1nc2ccccc2n1Cc1cccc(NN)n1. The zero-order valence-corrected chi connectivity index (χ0v) is 11.3. The number of hydrazine groups is 1. The van der Waals surface area contributed by atoms with E-state index in [1.807, 2.05) is 41.0 Å². The van der Waals surface area contributed by atoms with E-state index < -0.39 is 0 Å². The molecule has 0 bridgehead atoms. The van der Waals surface area contributed by atoms with Crippen LogP contribution in [0.15, 0.2) is 42.5 Å². The maximum absolute atomic E-state index is 8.97. The first-order valence-electron chi connectivity index (χ1n) is 6.55. The van der Waals surface area contributed by atoms with Crippen LogP contribution < -0.4 is 11.3 Å². The Morgan fingerprint density at radius 1 is 1.14 bits per heavy atom. The Balaban J connectivity index is 2.06. The molecule has 3 rings (SSSR count). The Labute approximate surface area is 121 Å². The van der Waals surface area contributed by atoms with Gasteiger partial charge in [-0.15, -0.1) is 0 Å². The number of nitrogen functional groups attached to an aromatic ring is 1. The van der Waals surface area contributed by atoms with E-state index in [0.717, 1.165) is 22.6 Å². The third-order valence-electron chi connectivity index (χ3n) is 3.25. The van der Waals surface area contributed by atoms with Gasteiger partial charge in [-0.05, 0) is 24.3 Å². The minimum Gasteiger partial charge on any atom is -0.321 e. The van der Waals surface area contributed by atoms with Gasteiger partial charge in [0.2, 0.25) is 0 Å². The maximum Gasteiger partial charge on any atom is 0.140 e. The lowest BCUT2D eigenvalue weighted by atomic mass is 10.3. The number of fused-ring (bicyclic) bond motifs is 1. The molecule has 0 fully saturated rings. The second-order valence-corrected chi connectivity index (χ2v) is 4.60. The molecule has 0 spiro atoms. The molecule has 6 nitrogen and oxygen atoms in total. The molecule has 0 atom stereocenters. The van der Waals surface area contributed by atoms with Gasteiger partial charge in [0.25, 0.3) is 0 Å². The van der Waals surface area contributed by atoms with Gasteiger partial charge in [0, 0.05) is 0 Å². The molecular weight excluding hydrogens is 264 g/mol. The first kappa shape index (κ1) is 13.1. The van der Waals surface area contributed by atoms with E-state index in [2.05, 4.69) is 21.5 Å². The highest BCUT2D eigenvalue weighted by molar-refractivity contribution is 5.76. The number of nitrogens with two attached hydrogens (primary N) is 1. The van der Waals surface area contributed by atoms with Crippen molar-refractivity contribution < 1.29 is 0 Å². The molecule has 0 unspecified atom stereocenters. The van der Waals surface area contributed by atoms with Crippen molar-refractivity contribution in [1.82, 2.24) is 14.5 Å². The number of nitriles is 1. The average Bonchev–Trinajstić information content (AvgIpc) is 2.86. The second-order valence-electron chi connectivity index (χ2n) is 4.60. The number of para-hydroxylation sites is 2. The predicted octanol–water partition coefficient (Wildman–Crippen LogP) is 1.83. The molecule has 0 saturated heterocycles. The molecule has 2 heterocycles. The van der Waals surface area contributed by atoms with Crippen LogP contribution in [0.5, 0.6) is 0 Å². The molecule has 0 aliphatic heterocycles. The predicted molar refractivity (Wildman–Crippen MR) is 80.2 cm³/mol. The van der Waals surface area contributed by atoms with Crippen molar-refractivity contribution in [1.29, 1.82) is 5.26 Å². The van der Waals surface area contributed by atoms with Gasteiger partial charge in [0.05, 0.1) is 35.8 Å². The van der Waals surface area contributed by atoms with Crippen molar-refractivity contribution in [3.8, 4) is 6.07 Å². The number of nitrogens with one attached hydrogen (secondary N) is 1. The fourth-order valence-electron chi connectivity index (χ4n) is 2.32. The standard InChI is InChI=1S/C15H14N6/c16-9-8-15-19-12-5-1-2-6-13(12)21(15)10-11-4-3-7-14(18-11)20-17/h1-7H,8,10,17H2,(H,18,20). The summed E-state index contributed by atoms with van der Waals surface area (Å²) >= 11 is 0. The number of anilines is 1. The third kappa shape index (κ3) is 2.55. The highest BCUT2D eigenvalue weighted by atomic mass is 15.2. The van der Waals surface area contributed by atoms with E-state index in [0.29, 0.717) is 12.4 Å². The van der Waals surface area contributed by atoms with Gasteiger partial charge >= 0.3 is 0 Å². The minimum absolute atomic E-state index is 0.267. The number of aromatic nitrogens is 3. The zero-order valence-electron chi connectivity index (χ0n) is 11.3. The van der Waals surface area contributed by atoms with Crippen LogP contribution in [0.25, 0.3) is 11.0 Å². The summed E-state index contributed by atoms with van der Waals surface area (Å²) in [4.78, 5) is 8.92. The first-order chi connectivity index (χ1) is 10.3. The number of pyridine rings is 1. The average molecular weight is 278 g/mol. The Morgan fingerprint density at radius 2 is 2.00 bits per heavy atom. The molecule has 0 saturated carbocycles. The fourth-order valence-corrected chi connectivity index (χ4v) is 2.32. The summed E-state index contributed by atoms with van der Waals surface area (Å²) in [5.41, 5.74) is 5.27. The quantitative estimate of drug-likeness (QED) is 0.561. The lowest BCUT2D eigenvalue weighted by Crippen LogP contribution is -2.11. The Morgan fingerprint density at radius 3 is 2.81 bits per heavy atom. The van der Waals surface area contributed by atoms with E-state index in [1.165, 1.54) is 0 Å². The summed E-state index contributed by atoms with van der Waals surface area (Å²) in [6, 6.07) is 15.6. The van der Waals surface area contributed by atoms with E-state index in [9.17, 15) is 0 Å². The summed E-state index contributed by atoms with van der Waals surface area (Å²) in [7, 11) is 0. The van der Waals surface area contributed by atoms with Crippen LogP contribution in [-0.2, 0) is 13.0 Å². The topological polar surface area (TPSA) is 92.5 Å². The van der Waals surface area contributed by atoms with Gasteiger partial charge in [-0.3, -0.25) is 0 Å². The first-order valence-corrected chi connectivity index (χ1v) is 6.55. The number of rotatable bonds is 4. The summed E-state index contributed by atoms with van der Waals surface area (Å²) in [5, 5.41) is 8.97. The molecule has 1 aromatic carbocycles. The molecule has 0 radical (unpaired) electrons. The molecule has 6 heteroatoms. The van der Waals surface area contributed by atoms with Gasteiger partial charge in [-0.25, -0.2) is 15.8 Å². The van der Waals surface area contributed by atoms with Crippen LogP contribution in [0.2, 0.25) is 0 Å². The van der Waals surface area contributed by atoms with Crippen molar-refractivity contribution in [2.24, 2.45) is 5.84 Å². The Hall–Kier alpha value is -2.91. The molecule has 0 amide bonds. The molecular formula is C15H14N6. The number of imidazole rings is 1. The smallest absolute Gasteiger partial charge is 0.140 e. The van der Waals surface area contributed by atoms with Gasteiger partial charge in [-0.2, -0.15) is 5.26 Å². The van der Waals surface area contributed by atoms with E-state index >= 15 is 0 Å². The van der Waals surface area contributed by atoms with E-state index in [4.69, 9.17) is 11.1 Å². The third-order valence-corrected chi connectivity index (χ3v) is 3.25. The minimum atomic E-state index is 0.267. The number of hydrogen-bond acceptors (Lipinski definition) is 5. The van der Waals surface area contributed by atoms with Crippen molar-refractivity contribution in [3.05, 3.63) is 54.0 Å². The monoisotopic (exact) mass is 278 g/mol. The Bertz CT molecular complexity index is 814. The van der Waals surface area contributed by atoms with Crippen LogP contribution in [0.4, 0.5) is 5.82 Å². The molecule has 0 aliphatic carbocycles. The number of benzene rings is 1. The highest BCUT2D eigenvalue weighted by Crippen LogP contribution is 2.18. The van der Waals surface area contributed by atoms with Crippen molar-refractivity contribution in [2.75, 3.05) is 5.43 Å². The molecule has 21 heavy (non-hydrogen) atoms. The van der Waals surface area contributed by atoms with Crippen molar-refractivity contribution >= 4 is 16.9 Å². The maximum atomic E-state index is 8.97. The van der Waals surface area contributed by atoms with Crippen LogP contribution >= 0.6 is 0 Å². The summed E-state index contributed by atoms with van der Waals surface area (Å²) in [5.74, 6) is 6.74. The summed E-state index contributed by atoms with van der Waals surface area (Å²) in [6.07, 6.45) is 0.267. The van der Waals surface area contributed by atoms with Crippen LogP contribution in [0, 0.1) is 11.3 Å². The van der Waals surface area contributed by atoms with Crippen LogP contribution in [0.1, 0.15) is 11.5 Å². The molecule has 2 aromatic heterocycles. The van der Waals surface area contributed by atoms with Crippen molar-refractivity contribution in [2.45, 2.75) is 13.0 Å². The zero-order chi connectivity index (χ0) is 14.7. The molecule has 3 aromatic rings. The largest absolute Gasteiger partial charge is 0.321 e. The van der Waals surface area contributed by atoms with Gasteiger partial charge in [0.15, 0.2) is 0 Å². The fraction of sp³-hybridized carbons (Fsp3) is 0.133. The Kier molecular flexibility index (Phi) is 3.50. The van der Waals surface area contributed by atoms with Gasteiger partial charge in [0.1, 0.15) is 11.6 Å². The van der Waals surface area contributed by atoms with Crippen LogP contribution in [-0.4, -0.2) is 14.5 Å². The number of hydrogen-bond donors (Lipinski definition) is 2.